The van der Waals surface area contributed by atoms with E-state index in [0.29, 0.717) is 22.6 Å². The molecule has 0 N–H and O–H groups in total. The predicted octanol–water partition coefficient (Wildman–Crippen LogP) is 9.98. The normalized spacial score (nSPS) is 17.5. The van der Waals surface area contributed by atoms with Crippen LogP contribution in [0.4, 0.5) is 0 Å². The number of hydrogen-bond donors (Lipinski definition) is 0. The summed E-state index contributed by atoms with van der Waals surface area (Å²) in [5.41, 5.74) is 6.88. The Bertz CT molecular complexity index is 2520. The lowest BCUT2D eigenvalue weighted by atomic mass is 9.91. The summed E-state index contributed by atoms with van der Waals surface area (Å²) in [6.07, 6.45) is 8.94. The van der Waals surface area contributed by atoms with Crippen molar-refractivity contribution in [3.8, 4) is 17.2 Å². The fourth-order valence-corrected chi connectivity index (χ4v) is 8.25. The number of hydrogen-bond acceptors (Lipinski definition) is 4. The first kappa shape index (κ1) is 23.4. The van der Waals surface area contributed by atoms with Crippen LogP contribution in [0.3, 0.4) is 0 Å². The fourth-order valence-electron chi connectivity index (χ4n) is 6.92. The zero-order chi connectivity index (χ0) is 28.1. The van der Waals surface area contributed by atoms with E-state index in [-0.39, 0.29) is 0 Å². The van der Waals surface area contributed by atoms with Gasteiger partial charge in [0.15, 0.2) is 17.2 Å². The van der Waals surface area contributed by atoms with Gasteiger partial charge in [0.25, 0.3) is 0 Å². The second-order valence-electron chi connectivity index (χ2n) is 11.3. The highest BCUT2D eigenvalue weighted by molar-refractivity contribution is 8.00. The number of aromatic nitrogens is 3. The molecule has 1 aliphatic carbocycles. The van der Waals surface area contributed by atoms with Gasteiger partial charge in [0, 0.05) is 37.8 Å². The highest BCUT2D eigenvalue weighted by Gasteiger charge is 2.31. The maximum atomic E-state index is 6.56. The van der Waals surface area contributed by atoms with Crippen LogP contribution in [0, 0.1) is 0 Å². The first-order valence-electron chi connectivity index (χ1n) is 14.6. The number of benzene rings is 5. The van der Waals surface area contributed by atoms with Crippen LogP contribution in [0.25, 0.3) is 71.9 Å². The van der Waals surface area contributed by atoms with Gasteiger partial charge in [-0.05, 0) is 58.8 Å². The Morgan fingerprint density at radius 3 is 2.40 bits per heavy atom. The molecule has 5 heteroatoms. The molecule has 0 bridgehead atoms. The van der Waals surface area contributed by atoms with Gasteiger partial charge < -0.3 is 4.42 Å². The van der Waals surface area contributed by atoms with E-state index in [1.807, 2.05) is 30.0 Å². The van der Waals surface area contributed by atoms with Gasteiger partial charge in [0.05, 0.1) is 11.0 Å². The molecule has 0 saturated heterocycles. The molecule has 43 heavy (non-hydrogen) atoms. The second kappa shape index (κ2) is 8.69. The summed E-state index contributed by atoms with van der Waals surface area (Å²) in [4.78, 5) is 11.9. The van der Waals surface area contributed by atoms with Crippen LogP contribution < -0.4 is 0 Å². The van der Waals surface area contributed by atoms with Gasteiger partial charge in [0.1, 0.15) is 11.1 Å². The molecule has 4 heterocycles. The summed E-state index contributed by atoms with van der Waals surface area (Å²) in [5, 5.41) is 6.22. The summed E-state index contributed by atoms with van der Waals surface area (Å²) in [5.74, 6) is 1.83. The van der Waals surface area contributed by atoms with E-state index in [1.165, 1.54) is 32.0 Å². The summed E-state index contributed by atoms with van der Waals surface area (Å²) in [6, 6.07) is 36.5. The van der Waals surface area contributed by atoms with Crippen molar-refractivity contribution in [2.45, 2.75) is 16.1 Å². The maximum Gasteiger partial charge on any atom is 0.197 e. The summed E-state index contributed by atoms with van der Waals surface area (Å²) >= 11 is 1.94. The monoisotopic (exact) mass is 569 g/mol. The standard InChI is InChI=1S/C38H23N3OS/c1-2-10-23-21-31-28(19-22(23)9-1)25-11-3-6-14-30(25)41(31)38-36-35(27-13-4-7-15-32(27)42-36)39-37(40-38)24-17-18-34-29(20-24)26-12-5-8-16-33(26)43-34/h1-21,26,33H. The molecule has 0 amide bonds. The Morgan fingerprint density at radius 1 is 0.674 bits per heavy atom. The van der Waals surface area contributed by atoms with E-state index in [2.05, 4.69) is 114 Å². The van der Waals surface area contributed by atoms with Crippen LogP contribution in [0.5, 0.6) is 0 Å². The average molecular weight is 570 g/mol. The molecular weight excluding hydrogens is 547 g/mol. The molecule has 8 aromatic rings. The van der Waals surface area contributed by atoms with Gasteiger partial charge in [-0.1, -0.05) is 85.0 Å². The SMILES string of the molecule is C1=CC2Sc3ccc(-c4nc(-n5c6ccccc6c6cc7ccccc7cc65)c5oc6ccccc6c5n4)cc3C2C=C1. The van der Waals surface area contributed by atoms with Gasteiger partial charge in [-0.15, -0.1) is 11.8 Å². The van der Waals surface area contributed by atoms with Crippen molar-refractivity contribution in [3.63, 3.8) is 0 Å². The Labute approximate surface area is 251 Å². The zero-order valence-corrected chi connectivity index (χ0v) is 23.8. The van der Waals surface area contributed by atoms with Crippen LogP contribution in [-0.4, -0.2) is 19.8 Å². The van der Waals surface area contributed by atoms with E-state index in [4.69, 9.17) is 14.4 Å². The number of allylic oxidation sites excluding steroid dienone is 3. The lowest BCUT2D eigenvalue weighted by Gasteiger charge is -2.15. The summed E-state index contributed by atoms with van der Waals surface area (Å²) in [7, 11) is 0. The predicted molar refractivity (Wildman–Crippen MR) is 177 cm³/mol. The molecule has 2 atom stereocenters. The Morgan fingerprint density at radius 2 is 1.47 bits per heavy atom. The largest absolute Gasteiger partial charge is 0.450 e. The van der Waals surface area contributed by atoms with Gasteiger partial charge in [-0.2, -0.15) is 0 Å². The maximum absolute atomic E-state index is 6.56. The number of furan rings is 1. The van der Waals surface area contributed by atoms with Crippen molar-refractivity contribution in [2.75, 3.05) is 0 Å². The minimum absolute atomic E-state index is 0.369. The number of thioether (sulfide) groups is 1. The fraction of sp³-hybridized carbons (Fsp3) is 0.0526. The minimum Gasteiger partial charge on any atom is -0.450 e. The molecule has 0 radical (unpaired) electrons. The summed E-state index contributed by atoms with van der Waals surface area (Å²) < 4.78 is 8.83. The zero-order valence-electron chi connectivity index (χ0n) is 22.9. The Hall–Kier alpha value is -5.13. The topological polar surface area (TPSA) is 43.9 Å². The molecule has 5 aromatic carbocycles. The first-order chi connectivity index (χ1) is 21.3. The van der Waals surface area contributed by atoms with E-state index >= 15 is 0 Å². The van der Waals surface area contributed by atoms with Gasteiger partial charge in [-0.3, -0.25) is 4.57 Å². The molecule has 10 rings (SSSR count). The molecule has 4 nitrogen and oxygen atoms in total. The van der Waals surface area contributed by atoms with E-state index < -0.39 is 0 Å². The van der Waals surface area contributed by atoms with Crippen LogP contribution in [-0.2, 0) is 0 Å². The molecular formula is C38H23N3OS. The highest BCUT2D eigenvalue weighted by atomic mass is 32.2. The lowest BCUT2D eigenvalue weighted by Crippen LogP contribution is -2.07. The lowest BCUT2D eigenvalue weighted by molar-refractivity contribution is 0.662. The van der Waals surface area contributed by atoms with Crippen LogP contribution in [0.15, 0.2) is 137 Å². The molecule has 0 fully saturated rings. The Kier molecular flexibility index (Phi) is 4.74. The van der Waals surface area contributed by atoms with Crippen molar-refractivity contribution in [1.82, 2.24) is 14.5 Å². The molecule has 1 aliphatic heterocycles. The van der Waals surface area contributed by atoms with E-state index in [9.17, 15) is 0 Å². The third-order valence-corrected chi connectivity index (χ3v) is 10.3. The third-order valence-electron chi connectivity index (χ3n) is 8.93. The molecule has 2 unspecified atom stereocenters. The smallest absolute Gasteiger partial charge is 0.197 e. The van der Waals surface area contributed by atoms with E-state index in [0.717, 1.165) is 38.9 Å². The van der Waals surface area contributed by atoms with Gasteiger partial charge in [0.2, 0.25) is 0 Å². The highest BCUT2D eigenvalue weighted by Crippen LogP contribution is 2.49. The Balaban J connectivity index is 1.30. The van der Waals surface area contributed by atoms with Gasteiger partial charge in [-0.25, -0.2) is 9.97 Å². The van der Waals surface area contributed by atoms with Crippen LogP contribution >= 0.6 is 11.8 Å². The second-order valence-corrected chi connectivity index (χ2v) is 12.6. The van der Waals surface area contributed by atoms with Crippen LogP contribution in [0.1, 0.15) is 11.5 Å². The molecule has 0 saturated carbocycles. The minimum atomic E-state index is 0.369. The average Bonchev–Trinajstić information content (AvgIpc) is 3.72. The molecule has 0 spiro atoms. The van der Waals surface area contributed by atoms with Crippen molar-refractivity contribution in [1.29, 1.82) is 0 Å². The molecule has 3 aromatic heterocycles. The van der Waals surface area contributed by atoms with Crippen molar-refractivity contribution < 1.29 is 4.42 Å². The number of nitrogens with zero attached hydrogens (tertiary/aromatic N) is 3. The van der Waals surface area contributed by atoms with Crippen molar-refractivity contribution in [2.24, 2.45) is 0 Å². The van der Waals surface area contributed by atoms with Gasteiger partial charge >= 0.3 is 0 Å². The van der Waals surface area contributed by atoms with E-state index in [1.54, 1.807) is 0 Å². The third kappa shape index (κ3) is 3.34. The van der Waals surface area contributed by atoms with Crippen molar-refractivity contribution >= 4 is 66.4 Å². The molecule has 2 aliphatic rings. The number of para-hydroxylation sites is 2. The first-order valence-corrected chi connectivity index (χ1v) is 15.5. The van der Waals surface area contributed by atoms with Crippen LogP contribution in [0.2, 0.25) is 0 Å². The quantitative estimate of drug-likeness (QED) is 0.208. The number of rotatable bonds is 2. The van der Waals surface area contributed by atoms with Crippen molar-refractivity contribution in [3.05, 3.63) is 133 Å². The summed E-state index contributed by atoms with van der Waals surface area (Å²) in [6.45, 7) is 0. The number of fused-ring (bicyclic) bond motifs is 10. The molecule has 202 valence electrons.